The van der Waals surface area contributed by atoms with Crippen LogP contribution >= 0.6 is 0 Å². The summed E-state index contributed by atoms with van der Waals surface area (Å²) in [5, 5.41) is 11.4. The Balaban J connectivity index is 1.62. The van der Waals surface area contributed by atoms with Gasteiger partial charge in [-0.1, -0.05) is 12.8 Å². The van der Waals surface area contributed by atoms with Crippen molar-refractivity contribution in [3.8, 4) is 0 Å². The van der Waals surface area contributed by atoms with Crippen LogP contribution in [0.15, 0.2) is 17.4 Å². The first kappa shape index (κ1) is 19.5. The highest BCUT2D eigenvalue weighted by Gasteiger charge is 2.23. The van der Waals surface area contributed by atoms with Gasteiger partial charge in [0.25, 0.3) is 0 Å². The van der Waals surface area contributed by atoms with Crippen LogP contribution in [-0.2, 0) is 11.8 Å². The van der Waals surface area contributed by atoms with Gasteiger partial charge in [0.05, 0.1) is 11.9 Å². The van der Waals surface area contributed by atoms with E-state index in [1.807, 2.05) is 17.9 Å². The number of likely N-dealkylation sites (N-methyl/N-ethyl adjacent to an activating group) is 1. The third-order valence-electron chi connectivity index (χ3n) is 5.39. The van der Waals surface area contributed by atoms with Crippen LogP contribution < -0.4 is 15.5 Å². The Morgan fingerprint density at radius 3 is 2.59 bits per heavy atom. The van der Waals surface area contributed by atoms with Crippen molar-refractivity contribution in [2.24, 2.45) is 12.0 Å². The first-order valence-electron chi connectivity index (χ1n) is 10.0. The van der Waals surface area contributed by atoms with Crippen LogP contribution in [0, 0.1) is 0 Å². The first-order valence-corrected chi connectivity index (χ1v) is 10.0. The van der Waals surface area contributed by atoms with E-state index >= 15 is 0 Å². The van der Waals surface area contributed by atoms with E-state index in [0.29, 0.717) is 12.1 Å². The molecule has 1 unspecified atom stereocenters. The predicted molar refractivity (Wildman–Crippen MR) is 108 cm³/mol. The minimum Gasteiger partial charge on any atom is -0.367 e. The molecule has 8 nitrogen and oxygen atoms in total. The molecule has 1 atom stereocenters. The number of nitrogens with zero attached hydrogens (tertiary/aromatic N) is 5. The number of amides is 1. The molecule has 1 aromatic heterocycles. The van der Waals surface area contributed by atoms with Crippen LogP contribution in [-0.4, -0.2) is 72.4 Å². The number of rotatable bonds is 5. The molecule has 8 heteroatoms. The third-order valence-corrected chi connectivity index (χ3v) is 5.39. The van der Waals surface area contributed by atoms with Gasteiger partial charge >= 0.3 is 0 Å². The maximum absolute atomic E-state index is 12.0. The number of aromatic nitrogens is 2. The Labute approximate surface area is 162 Å². The fourth-order valence-corrected chi connectivity index (χ4v) is 3.78. The van der Waals surface area contributed by atoms with Gasteiger partial charge in [0.1, 0.15) is 6.54 Å². The van der Waals surface area contributed by atoms with Crippen LogP contribution in [0.5, 0.6) is 0 Å². The number of hydrogen-bond donors (Lipinski definition) is 2. The summed E-state index contributed by atoms with van der Waals surface area (Å²) >= 11 is 0. The summed E-state index contributed by atoms with van der Waals surface area (Å²) in [6.07, 6.45) is 11.1. The second-order valence-corrected chi connectivity index (χ2v) is 7.88. The van der Waals surface area contributed by atoms with Gasteiger partial charge in [-0.3, -0.25) is 9.48 Å². The maximum Gasteiger partial charge on any atom is 0.243 e. The molecule has 2 N–H and O–H groups in total. The summed E-state index contributed by atoms with van der Waals surface area (Å²) in [5.74, 6) is 0.790. The van der Waals surface area contributed by atoms with Crippen LogP contribution in [0.1, 0.15) is 38.5 Å². The minimum atomic E-state index is 0.0168. The third kappa shape index (κ3) is 5.61. The van der Waals surface area contributed by atoms with E-state index in [2.05, 4.69) is 31.8 Å². The Hall–Kier alpha value is -2.25. The van der Waals surface area contributed by atoms with Crippen molar-refractivity contribution in [1.82, 2.24) is 25.3 Å². The zero-order chi connectivity index (χ0) is 19.2. The highest BCUT2D eigenvalue weighted by Crippen LogP contribution is 2.20. The van der Waals surface area contributed by atoms with Gasteiger partial charge in [-0.2, -0.15) is 5.10 Å². The van der Waals surface area contributed by atoms with E-state index in [1.165, 1.54) is 25.7 Å². The number of aryl methyl sites for hydroxylation is 1. The van der Waals surface area contributed by atoms with E-state index in [9.17, 15) is 4.79 Å². The zero-order valence-electron chi connectivity index (χ0n) is 16.8. The molecule has 1 saturated heterocycles. The van der Waals surface area contributed by atoms with E-state index in [4.69, 9.17) is 0 Å². The van der Waals surface area contributed by atoms with Crippen molar-refractivity contribution in [2.75, 3.05) is 38.6 Å². The average molecular weight is 376 g/mol. The van der Waals surface area contributed by atoms with Crippen molar-refractivity contribution in [2.45, 2.75) is 50.6 Å². The summed E-state index contributed by atoms with van der Waals surface area (Å²) in [6.45, 7) is 2.14. The Morgan fingerprint density at radius 1 is 1.22 bits per heavy atom. The van der Waals surface area contributed by atoms with E-state index < -0.39 is 0 Å². The summed E-state index contributed by atoms with van der Waals surface area (Å²) < 4.78 is 1.84. The summed E-state index contributed by atoms with van der Waals surface area (Å²) in [7, 11) is 5.48. The largest absolute Gasteiger partial charge is 0.367 e. The smallest absolute Gasteiger partial charge is 0.243 e. The highest BCUT2D eigenvalue weighted by molar-refractivity contribution is 5.85. The molecule has 1 aromatic rings. The fraction of sp³-hybridized carbons (Fsp3) is 0.737. The number of anilines is 1. The van der Waals surface area contributed by atoms with Crippen molar-refractivity contribution in [3.63, 3.8) is 0 Å². The van der Waals surface area contributed by atoms with Gasteiger partial charge in [-0.05, 0) is 25.7 Å². The molecule has 0 aromatic carbocycles. The number of carbonyl (C=O) groups excluding carboxylic acids is 1. The second kappa shape index (κ2) is 9.10. The summed E-state index contributed by atoms with van der Waals surface area (Å²) in [5.41, 5.74) is 1.16. The van der Waals surface area contributed by atoms with Crippen LogP contribution in [0.25, 0.3) is 0 Å². The molecule has 0 radical (unpaired) electrons. The highest BCUT2D eigenvalue weighted by atomic mass is 16.2. The normalized spacial score (nSPS) is 21.4. The maximum atomic E-state index is 12.0. The molecular weight excluding hydrogens is 342 g/mol. The predicted octanol–water partition coefficient (Wildman–Crippen LogP) is 0.955. The Kier molecular flexibility index (Phi) is 6.58. The lowest BCUT2D eigenvalue weighted by molar-refractivity contribution is -0.127. The molecule has 1 saturated carbocycles. The number of guanidine groups is 1. The quantitative estimate of drug-likeness (QED) is 0.592. The lowest BCUT2D eigenvalue weighted by Gasteiger charge is -2.35. The van der Waals surface area contributed by atoms with Gasteiger partial charge in [-0.25, -0.2) is 4.99 Å². The molecule has 1 aliphatic heterocycles. The summed E-state index contributed by atoms with van der Waals surface area (Å²) in [6, 6.07) is 0.768. The van der Waals surface area contributed by atoms with Gasteiger partial charge in [0, 0.05) is 52.5 Å². The number of hydrogen-bond acceptors (Lipinski definition) is 4. The summed E-state index contributed by atoms with van der Waals surface area (Å²) in [4.78, 5) is 20.5. The topological polar surface area (TPSA) is 77.8 Å². The molecule has 0 bridgehead atoms. The van der Waals surface area contributed by atoms with Crippen molar-refractivity contribution in [1.29, 1.82) is 0 Å². The monoisotopic (exact) mass is 375 g/mol. The SMILES string of the molecule is CN(C)C(=O)CN=C(NC1CCCC1)NC1CCCN(c2cnn(C)c2)C1. The number of carbonyl (C=O) groups is 1. The molecule has 1 aliphatic carbocycles. The minimum absolute atomic E-state index is 0.0168. The molecule has 0 spiro atoms. The van der Waals surface area contributed by atoms with Crippen LogP contribution in [0.3, 0.4) is 0 Å². The number of aliphatic imine (C=N–C) groups is 1. The van der Waals surface area contributed by atoms with Crippen LogP contribution in [0.4, 0.5) is 5.69 Å². The fourth-order valence-electron chi connectivity index (χ4n) is 3.78. The Bertz CT molecular complexity index is 648. The van der Waals surface area contributed by atoms with Crippen molar-refractivity contribution < 1.29 is 4.79 Å². The standard InChI is InChI=1S/C19H33N7O/c1-24(2)18(27)12-20-19(22-15-7-4-5-8-15)23-16-9-6-10-26(13-16)17-11-21-25(3)14-17/h11,14-16H,4-10,12-13H2,1-3H3,(H2,20,22,23). The second-order valence-electron chi connectivity index (χ2n) is 7.88. The van der Waals surface area contributed by atoms with Crippen molar-refractivity contribution in [3.05, 3.63) is 12.4 Å². The lowest BCUT2D eigenvalue weighted by Crippen LogP contribution is -2.53. The van der Waals surface area contributed by atoms with E-state index in [0.717, 1.165) is 37.6 Å². The van der Waals surface area contributed by atoms with Gasteiger partial charge < -0.3 is 20.4 Å². The average Bonchev–Trinajstić information content (AvgIpc) is 3.31. The molecule has 3 rings (SSSR count). The Morgan fingerprint density at radius 2 is 1.93 bits per heavy atom. The van der Waals surface area contributed by atoms with Gasteiger partial charge in [0.2, 0.25) is 5.91 Å². The molecule has 150 valence electrons. The zero-order valence-corrected chi connectivity index (χ0v) is 16.8. The molecule has 1 amide bonds. The lowest BCUT2D eigenvalue weighted by atomic mass is 10.1. The molecule has 2 heterocycles. The molecule has 2 fully saturated rings. The van der Waals surface area contributed by atoms with Gasteiger partial charge in [-0.15, -0.1) is 0 Å². The molecule has 2 aliphatic rings. The van der Waals surface area contributed by atoms with E-state index in [1.54, 1.807) is 19.0 Å². The first-order chi connectivity index (χ1) is 13.0. The van der Waals surface area contributed by atoms with E-state index in [-0.39, 0.29) is 12.5 Å². The van der Waals surface area contributed by atoms with Gasteiger partial charge in [0.15, 0.2) is 5.96 Å². The number of nitrogens with one attached hydrogen (secondary N) is 2. The molecular formula is C19H33N7O. The number of piperidine rings is 1. The van der Waals surface area contributed by atoms with Crippen molar-refractivity contribution >= 4 is 17.6 Å². The molecule has 27 heavy (non-hydrogen) atoms. The van der Waals surface area contributed by atoms with Crippen LogP contribution in [0.2, 0.25) is 0 Å².